The van der Waals surface area contributed by atoms with Crippen LogP contribution >= 0.6 is 0 Å². The van der Waals surface area contributed by atoms with Gasteiger partial charge < -0.3 is 10.0 Å². The third-order valence-corrected chi connectivity index (χ3v) is 4.97. The smallest absolute Gasteiger partial charge is 0.227 e. The quantitative estimate of drug-likeness (QED) is 0.905. The van der Waals surface area contributed by atoms with Gasteiger partial charge in [0.1, 0.15) is 0 Å². The van der Waals surface area contributed by atoms with Crippen molar-refractivity contribution in [1.29, 1.82) is 0 Å². The number of carbonyl (C=O) groups is 1. The van der Waals surface area contributed by atoms with Crippen molar-refractivity contribution in [1.82, 2.24) is 14.7 Å². The zero-order valence-corrected chi connectivity index (χ0v) is 15.2. The van der Waals surface area contributed by atoms with Crippen molar-refractivity contribution in [2.24, 2.45) is 11.8 Å². The molecule has 2 heterocycles. The van der Waals surface area contributed by atoms with Gasteiger partial charge in [0.05, 0.1) is 18.2 Å². The van der Waals surface area contributed by atoms with E-state index in [-0.39, 0.29) is 12.0 Å². The summed E-state index contributed by atoms with van der Waals surface area (Å²) in [6.45, 7) is 12.6. The first kappa shape index (κ1) is 18.0. The number of likely N-dealkylation sites (tertiary alicyclic amines) is 1. The molecular formula is C18H31N3O2. The molecule has 1 fully saturated rings. The first-order chi connectivity index (χ1) is 10.8. The van der Waals surface area contributed by atoms with E-state index >= 15 is 0 Å². The minimum atomic E-state index is -0.272. The molecule has 5 heteroatoms. The van der Waals surface area contributed by atoms with Crippen LogP contribution in [0, 0.1) is 25.7 Å². The molecule has 0 spiro atoms. The van der Waals surface area contributed by atoms with E-state index in [0.717, 1.165) is 49.4 Å². The van der Waals surface area contributed by atoms with Gasteiger partial charge in [0.15, 0.2) is 0 Å². The van der Waals surface area contributed by atoms with Crippen LogP contribution in [0.1, 0.15) is 50.6 Å². The summed E-state index contributed by atoms with van der Waals surface area (Å²) in [6.07, 6.45) is 1.96. The number of piperidine rings is 1. The highest BCUT2D eigenvalue weighted by molar-refractivity contribution is 5.79. The van der Waals surface area contributed by atoms with Crippen LogP contribution < -0.4 is 0 Å². The molecule has 1 unspecified atom stereocenters. The van der Waals surface area contributed by atoms with E-state index in [0.29, 0.717) is 18.3 Å². The Hall–Kier alpha value is -1.36. The Kier molecular flexibility index (Phi) is 5.84. The maximum absolute atomic E-state index is 12.6. The van der Waals surface area contributed by atoms with E-state index in [1.807, 2.05) is 23.4 Å². The number of amides is 1. The lowest BCUT2D eigenvalue weighted by Crippen LogP contribution is -2.41. The van der Waals surface area contributed by atoms with Gasteiger partial charge in [0, 0.05) is 30.9 Å². The predicted octanol–water partition coefficient (Wildman–Crippen LogP) is 2.32. The number of hydrogen-bond donors (Lipinski definition) is 1. The van der Waals surface area contributed by atoms with E-state index in [1.165, 1.54) is 0 Å². The van der Waals surface area contributed by atoms with Crippen LogP contribution in [0.5, 0.6) is 0 Å². The SMILES string of the molecule is Cc1nn(CC(C)C)c(C)c1CC(=O)N1CCC(C(C)O)CC1. The van der Waals surface area contributed by atoms with E-state index in [1.54, 1.807) is 0 Å². The summed E-state index contributed by atoms with van der Waals surface area (Å²) >= 11 is 0. The van der Waals surface area contributed by atoms with Gasteiger partial charge in [0.2, 0.25) is 5.91 Å². The van der Waals surface area contributed by atoms with Crippen molar-refractivity contribution >= 4 is 5.91 Å². The summed E-state index contributed by atoms with van der Waals surface area (Å²) in [5, 5.41) is 14.3. The largest absolute Gasteiger partial charge is 0.393 e. The van der Waals surface area contributed by atoms with Crippen LogP contribution in [0.25, 0.3) is 0 Å². The third kappa shape index (κ3) is 4.34. The summed E-state index contributed by atoms with van der Waals surface area (Å²) in [4.78, 5) is 14.5. The molecule has 1 saturated heterocycles. The second kappa shape index (κ2) is 7.47. The highest BCUT2D eigenvalue weighted by Gasteiger charge is 2.26. The summed E-state index contributed by atoms with van der Waals surface area (Å²) in [5.41, 5.74) is 3.16. The van der Waals surface area contributed by atoms with E-state index in [9.17, 15) is 9.90 Å². The third-order valence-electron chi connectivity index (χ3n) is 4.97. The summed E-state index contributed by atoms with van der Waals surface area (Å²) < 4.78 is 2.03. The lowest BCUT2D eigenvalue weighted by molar-refractivity contribution is -0.132. The summed E-state index contributed by atoms with van der Waals surface area (Å²) in [6, 6.07) is 0. The molecule has 1 N–H and O–H groups in total. The van der Waals surface area contributed by atoms with E-state index < -0.39 is 0 Å². The van der Waals surface area contributed by atoms with Crippen LogP contribution in [-0.2, 0) is 17.8 Å². The minimum Gasteiger partial charge on any atom is -0.393 e. The molecule has 1 aromatic heterocycles. The molecule has 0 bridgehead atoms. The average Bonchev–Trinajstić information content (AvgIpc) is 2.74. The van der Waals surface area contributed by atoms with Gasteiger partial charge in [-0.25, -0.2) is 0 Å². The molecule has 5 nitrogen and oxygen atoms in total. The fourth-order valence-corrected chi connectivity index (χ4v) is 3.41. The zero-order valence-electron chi connectivity index (χ0n) is 15.2. The van der Waals surface area contributed by atoms with Gasteiger partial charge in [-0.05, 0) is 45.4 Å². The summed E-state index contributed by atoms with van der Waals surface area (Å²) in [5.74, 6) is 1.05. The number of aryl methyl sites for hydroxylation is 1. The topological polar surface area (TPSA) is 58.4 Å². The number of aliphatic hydroxyl groups excluding tert-OH is 1. The maximum atomic E-state index is 12.6. The molecule has 1 aliphatic rings. The number of hydrogen-bond acceptors (Lipinski definition) is 3. The van der Waals surface area contributed by atoms with Crippen LogP contribution in [0.2, 0.25) is 0 Å². The van der Waals surface area contributed by atoms with Crippen molar-refractivity contribution in [3.63, 3.8) is 0 Å². The molecule has 130 valence electrons. The average molecular weight is 321 g/mol. The second-order valence-electron chi connectivity index (χ2n) is 7.36. The Morgan fingerprint density at radius 1 is 1.26 bits per heavy atom. The van der Waals surface area contributed by atoms with Crippen molar-refractivity contribution < 1.29 is 9.90 Å². The maximum Gasteiger partial charge on any atom is 0.227 e. The number of aromatic nitrogens is 2. The molecule has 1 atom stereocenters. The molecule has 0 radical (unpaired) electrons. The molecular weight excluding hydrogens is 290 g/mol. The molecule has 0 saturated carbocycles. The highest BCUT2D eigenvalue weighted by atomic mass is 16.3. The molecule has 1 amide bonds. The minimum absolute atomic E-state index is 0.185. The van der Waals surface area contributed by atoms with Crippen LogP contribution in [0.15, 0.2) is 0 Å². The number of rotatable bonds is 5. The lowest BCUT2D eigenvalue weighted by atomic mass is 9.92. The predicted molar refractivity (Wildman–Crippen MR) is 91.2 cm³/mol. The summed E-state index contributed by atoms with van der Waals surface area (Å²) in [7, 11) is 0. The van der Waals surface area contributed by atoms with Crippen molar-refractivity contribution in [2.45, 2.75) is 66.5 Å². The van der Waals surface area contributed by atoms with Gasteiger partial charge in [-0.3, -0.25) is 9.48 Å². The highest BCUT2D eigenvalue weighted by Crippen LogP contribution is 2.22. The normalized spacial score (nSPS) is 17.8. The Bertz CT molecular complexity index is 541. The van der Waals surface area contributed by atoms with Crippen molar-refractivity contribution in [2.75, 3.05) is 13.1 Å². The van der Waals surface area contributed by atoms with Gasteiger partial charge >= 0.3 is 0 Å². The van der Waals surface area contributed by atoms with E-state index in [2.05, 4.69) is 25.9 Å². The van der Waals surface area contributed by atoms with Gasteiger partial charge in [-0.2, -0.15) is 5.10 Å². The molecule has 0 aromatic carbocycles. The molecule has 2 rings (SSSR count). The Morgan fingerprint density at radius 3 is 2.39 bits per heavy atom. The fourth-order valence-electron chi connectivity index (χ4n) is 3.41. The Morgan fingerprint density at radius 2 is 1.87 bits per heavy atom. The van der Waals surface area contributed by atoms with Gasteiger partial charge in [-0.15, -0.1) is 0 Å². The van der Waals surface area contributed by atoms with Gasteiger partial charge in [0.25, 0.3) is 0 Å². The second-order valence-corrected chi connectivity index (χ2v) is 7.36. The van der Waals surface area contributed by atoms with Crippen molar-refractivity contribution in [3.8, 4) is 0 Å². The monoisotopic (exact) mass is 321 g/mol. The molecule has 1 aromatic rings. The van der Waals surface area contributed by atoms with Crippen LogP contribution in [-0.4, -0.2) is 44.9 Å². The Labute approximate surface area is 139 Å². The van der Waals surface area contributed by atoms with E-state index in [4.69, 9.17) is 0 Å². The number of nitrogens with zero attached hydrogens (tertiary/aromatic N) is 3. The van der Waals surface area contributed by atoms with Crippen molar-refractivity contribution in [3.05, 3.63) is 17.0 Å². The first-order valence-electron chi connectivity index (χ1n) is 8.78. The fraction of sp³-hybridized carbons (Fsp3) is 0.778. The zero-order chi connectivity index (χ0) is 17.1. The molecule has 1 aliphatic heterocycles. The molecule has 0 aliphatic carbocycles. The standard InChI is InChI=1S/C18H31N3O2/c1-12(2)11-21-14(4)17(13(3)19-21)10-18(23)20-8-6-16(7-9-20)15(5)22/h12,15-16,22H,6-11H2,1-5H3. The molecule has 23 heavy (non-hydrogen) atoms. The van der Waals surface area contributed by atoms with Crippen LogP contribution in [0.3, 0.4) is 0 Å². The Balaban J connectivity index is 2.00. The van der Waals surface area contributed by atoms with Gasteiger partial charge in [-0.1, -0.05) is 13.8 Å². The van der Waals surface area contributed by atoms with Crippen LogP contribution in [0.4, 0.5) is 0 Å². The number of aliphatic hydroxyl groups is 1. The number of carbonyl (C=O) groups excluding carboxylic acids is 1. The lowest BCUT2D eigenvalue weighted by Gasteiger charge is -2.33. The first-order valence-corrected chi connectivity index (χ1v) is 8.78.